The number of hydrogen-bond acceptors (Lipinski definition) is 2. The molecule has 0 spiro atoms. The Morgan fingerprint density at radius 1 is 1.44 bits per heavy atom. The van der Waals surface area contributed by atoms with Gasteiger partial charge in [0.2, 0.25) is 0 Å². The quantitative estimate of drug-likeness (QED) is 0.714. The number of hydrogen-bond donors (Lipinski definition) is 0. The average molecular weight is 248 g/mol. The van der Waals surface area contributed by atoms with Crippen LogP contribution in [-0.2, 0) is 6.18 Å². The second kappa shape index (κ2) is 4.14. The van der Waals surface area contributed by atoms with E-state index < -0.39 is 28.1 Å². The molecule has 0 saturated carbocycles. The predicted molar refractivity (Wildman–Crippen MR) is 51.2 cm³/mol. The van der Waals surface area contributed by atoms with Crippen LogP contribution in [0.4, 0.5) is 13.2 Å². The van der Waals surface area contributed by atoms with Crippen LogP contribution in [0.2, 0.25) is 5.02 Å². The second-order valence-electron chi connectivity index (χ2n) is 3.02. The Morgan fingerprint density at radius 3 is 2.38 bits per heavy atom. The SMILES string of the molecule is CC(=O)c1ccc(C(F)(F)F)c(C#N)c1Cl. The molecule has 0 fully saturated rings. The highest BCUT2D eigenvalue weighted by molar-refractivity contribution is 6.35. The van der Waals surface area contributed by atoms with E-state index in [2.05, 4.69) is 0 Å². The van der Waals surface area contributed by atoms with Gasteiger partial charge in [-0.15, -0.1) is 0 Å². The molecule has 0 aliphatic heterocycles. The minimum absolute atomic E-state index is 0.0915. The lowest BCUT2D eigenvalue weighted by Crippen LogP contribution is -2.10. The summed E-state index contributed by atoms with van der Waals surface area (Å²) in [6.07, 6.45) is -4.66. The van der Waals surface area contributed by atoms with Gasteiger partial charge in [-0.05, 0) is 19.1 Å². The normalized spacial score (nSPS) is 11.0. The molecule has 0 heterocycles. The van der Waals surface area contributed by atoms with Crippen LogP contribution in [0.3, 0.4) is 0 Å². The maximum atomic E-state index is 12.5. The van der Waals surface area contributed by atoms with Gasteiger partial charge in [-0.3, -0.25) is 4.79 Å². The first kappa shape index (κ1) is 12.5. The maximum absolute atomic E-state index is 12.5. The molecule has 84 valence electrons. The number of carbonyl (C=O) groups is 1. The van der Waals surface area contributed by atoms with Gasteiger partial charge in [0, 0.05) is 5.56 Å². The van der Waals surface area contributed by atoms with Crippen molar-refractivity contribution in [2.45, 2.75) is 13.1 Å². The van der Waals surface area contributed by atoms with E-state index >= 15 is 0 Å². The first-order valence-electron chi connectivity index (χ1n) is 4.09. The molecule has 0 saturated heterocycles. The summed E-state index contributed by atoms with van der Waals surface area (Å²) in [5.41, 5.74) is -1.95. The number of alkyl halides is 3. The molecule has 2 nitrogen and oxygen atoms in total. The number of ketones is 1. The Labute approximate surface area is 94.2 Å². The molecule has 0 aliphatic carbocycles. The number of rotatable bonds is 1. The molecule has 0 bridgehead atoms. The van der Waals surface area contributed by atoms with Gasteiger partial charge < -0.3 is 0 Å². The highest BCUT2D eigenvalue weighted by Crippen LogP contribution is 2.36. The molecule has 0 amide bonds. The van der Waals surface area contributed by atoms with Crippen molar-refractivity contribution in [2.24, 2.45) is 0 Å². The third-order valence-electron chi connectivity index (χ3n) is 1.94. The lowest BCUT2D eigenvalue weighted by Gasteiger charge is -2.11. The Hall–Kier alpha value is -1.54. The molecular formula is C10H5ClF3NO. The van der Waals surface area contributed by atoms with Crippen LogP contribution in [0, 0.1) is 11.3 Å². The number of carbonyl (C=O) groups excluding carboxylic acids is 1. The van der Waals surface area contributed by atoms with Crippen LogP contribution in [0.5, 0.6) is 0 Å². The highest BCUT2D eigenvalue weighted by atomic mass is 35.5. The molecule has 0 aromatic heterocycles. The van der Waals surface area contributed by atoms with E-state index in [1.54, 1.807) is 0 Å². The molecular weight excluding hydrogens is 243 g/mol. The smallest absolute Gasteiger partial charge is 0.294 e. The third kappa shape index (κ3) is 2.17. The van der Waals surface area contributed by atoms with Gasteiger partial charge >= 0.3 is 6.18 Å². The van der Waals surface area contributed by atoms with E-state index in [0.717, 1.165) is 13.0 Å². The zero-order valence-corrected chi connectivity index (χ0v) is 8.78. The second-order valence-corrected chi connectivity index (χ2v) is 3.39. The van der Waals surface area contributed by atoms with Gasteiger partial charge in [-0.2, -0.15) is 18.4 Å². The number of halogens is 4. The van der Waals surface area contributed by atoms with E-state index in [1.165, 1.54) is 6.07 Å². The van der Waals surface area contributed by atoms with Gasteiger partial charge in [-0.1, -0.05) is 11.6 Å². The van der Waals surface area contributed by atoms with Crippen molar-refractivity contribution >= 4 is 17.4 Å². The third-order valence-corrected chi connectivity index (χ3v) is 2.33. The Kier molecular flexibility index (Phi) is 3.24. The molecule has 0 N–H and O–H groups in total. The number of nitrogens with zero attached hydrogens (tertiary/aromatic N) is 1. The van der Waals surface area contributed by atoms with Gasteiger partial charge in [0.1, 0.15) is 6.07 Å². The molecule has 1 aromatic carbocycles. The molecule has 0 unspecified atom stereocenters. The summed E-state index contributed by atoms with van der Waals surface area (Å²) in [6, 6.07) is 3.01. The number of benzene rings is 1. The summed E-state index contributed by atoms with van der Waals surface area (Å²) in [4.78, 5) is 11.0. The first-order valence-corrected chi connectivity index (χ1v) is 4.47. The van der Waals surface area contributed by atoms with Crippen molar-refractivity contribution < 1.29 is 18.0 Å². The van der Waals surface area contributed by atoms with Gasteiger partial charge in [0.15, 0.2) is 5.78 Å². The van der Waals surface area contributed by atoms with Crippen LogP contribution in [0.25, 0.3) is 0 Å². The van der Waals surface area contributed by atoms with E-state index in [0.29, 0.717) is 6.07 Å². The van der Waals surface area contributed by atoms with Crippen LogP contribution in [-0.4, -0.2) is 5.78 Å². The summed E-state index contributed by atoms with van der Waals surface area (Å²) >= 11 is 5.57. The van der Waals surface area contributed by atoms with Crippen molar-refractivity contribution in [3.63, 3.8) is 0 Å². The van der Waals surface area contributed by atoms with Crippen LogP contribution in [0.1, 0.15) is 28.4 Å². The van der Waals surface area contributed by atoms with E-state index in [9.17, 15) is 18.0 Å². The molecule has 0 radical (unpaired) electrons. The first-order chi connectivity index (χ1) is 7.29. The topological polar surface area (TPSA) is 40.9 Å². The van der Waals surface area contributed by atoms with Crippen LogP contribution in [0.15, 0.2) is 12.1 Å². The standard InChI is InChI=1S/C10H5ClF3NO/c1-5(16)6-2-3-8(10(12,13)14)7(4-15)9(6)11/h2-3H,1H3. The molecule has 0 atom stereocenters. The fourth-order valence-corrected chi connectivity index (χ4v) is 1.53. The zero-order valence-electron chi connectivity index (χ0n) is 8.02. The monoisotopic (exact) mass is 247 g/mol. The lowest BCUT2D eigenvalue weighted by molar-refractivity contribution is -0.137. The summed E-state index contributed by atoms with van der Waals surface area (Å²) in [7, 11) is 0. The Balaban J connectivity index is 3.56. The van der Waals surface area contributed by atoms with Crippen molar-refractivity contribution in [2.75, 3.05) is 0 Å². The maximum Gasteiger partial charge on any atom is 0.417 e. The summed E-state index contributed by atoms with van der Waals surface area (Å²) < 4.78 is 37.4. The largest absolute Gasteiger partial charge is 0.417 e. The van der Waals surface area contributed by atoms with Gasteiger partial charge in [-0.25, -0.2) is 0 Å². The number of nitriles is 1. The van der Waals surface area contributed by atoms with E-state index in [4.69, 9.17) is 16.9 Å². The summed E-state index contributed by atoms with van der Waals surface area (Å²) in [5, 5.41) is 8.17. The van der Waals surface area contributed by atoms with E-state index in [1.807, 2.05) is 0 Å². The Morgan fingerprint density at radius 2 is 2.00 bits per heavy atom. The van der Waals surface area contributed by atoms with Crippen molar-refractivity contribution in [3.05, 3.63) is 33.8 Å². The van der Waals surface area contributed by atoms with E-state index in [-0.39, 0.29) is 5.56 Å². The molecule has 6 heteroatoms. The molecule has 1 rings (SSSR count). The fraction of sp³-hybridized carbons (Fsp3) is 0.200. The highest BCUT2D eigenvalue weighted by Gasteiger charge is 2.35. The molecule has 16 heavy (non-hydrogen) atoms. The minimum atomic E-state index is -4.66. The molecule has 1 aromatic rings. The minimum Gasteiger partial charge on any atom is -0.294 e. The predicted octanol–water partition coefficient (Wildman–Crippen LogP) is 3.43. The van der Waals surface area contributed by atoms with Crippen molar-refractivity contribution in [1.82, 2.24) is 0 Å². The lowest BCUT2D eigenvalue weighted by atomic mass is 10.0. The zero-order chi connectivity index (χ0) is 12.5. The van der Waals surface area contributed by atoms with Gasteiger partial charge in [0.05, 0.1) is 16.1 Å². The molecule has 0 aliphatic rings. The Bertz CT molecular complexity index is 488. The number of Topliss-reactive ketones (excluding diaryl/α,β-unsaturated/α-hetero) is 1. The van der Waals surface area contributed by atoms with Crippen molar-refractivity contribution in [1.29, 1.82) is 5.26 Å². The van der Waals surface area contributed by atoms with Crippen molar-refractivity contribution in [3.8, 4) is 6.07 Å². The fourth-order valence-electron chi connectivity index (χ4n) is 1.19. The van der Waals surface area contributed by atoms with Crippen LogP contribution >= 0.6 is 11.6 Å². The average Bonchev–Trinajstić information content (AvgIpc) is 2.15. The van der Waals surface area contributed by atoms with Crippen LogP contribution < -0.4 is 0 Å². The van der Waals surface area contributed by atoms with Gasteiger partial charge in [0.25, 0.3) is 0 Å². The summed E-state index contributed by atoms with van der Waals surface area (Å²) in [6.45, 7) is 1.16. The summed E-state index contributed by atoms with van der Waals surface area (Å²) in [5.74, 6) is -0.491.